The summed E-state index contributed by atoms with van der Waals surface area (Å²) in [5.41, 5.74) is 1.25. The van der Waals surface area contributed by atoms with E-state index in [2.05, 4.69) is 27.8 Å². The summed E-state index contributed by atoms with van der Waals surface area (Å²) in [6, 6.07) is 19.8. The van der Waals surface area contributed by atoms with Gasteiger partial charge in [0, 0.05) is 55.7 Å². The van der Waals surface area contributed by atoms with Gasteiger partial charge in [-0.25, -0.2) is 0 Å². The summed E-state index contributed by atoms with van der Waals surface area (Å²) in [6.07, 6.45) is 1.43. The molecule has 2 aromatic rings. The minimum atomic E-state index is -1.03. The molecule has 2 N–H and O–H groups in total. The summed E-state index contributed by atoms with van der Waals surface area (Å²) in [5, 5.41) is 6.49. The van der Waals surface area contributed by atoms with E-state index in [-0.39, 0.29) is 11.8 Å². The molecule has 0 radical (unpaired) electrons. The molecule has 3 rings (SSSR count). The Morgan fingerprint density at radius 1 is 1.10 bits per heavy atom. The Hall–Kier alpha value is -2.67. The lowest BCUT2D eigenvalue weighted by Crippen LogP contribution is -2.39. The van der Waals surface area contributed by atoms with Crippen LogP contribution in [-0.2, 0) is 22.0 Å². The van der Waals surface area contributed by atoms with E-state index in [1.807, 2.05) is 60.4 Å². The molecule has 0 aliphatic carbocycles. The fourth-order valence-corrected chi connectivity index (χ4v) is 4.60. The largest absolute Gasteiger partial charge is 0.357 e. The second-order valence-corrected chi connectivity index (χ2v) is 9.23. The van der Waals surface area contributed by atoms with Gasteiger partial charge in [0.25, 0.3) is 0 Å². The average molecular weight is 441 g/mol. The van der Waals surface area contributed by atoms with Crippen LogP contribution in [0.5, 0.6) is 0 Å². The summed E-state index contributed by atoms with van der Waals surface area (Å²) >= 11 is 0. The van der Waals surface area contributed by atoms with E-state index < -0.39 is 10.8 Å². The molecule has 2 atom stereocenters. The van der Waals surface area contributed by atoms with Gasteiger partial charge in [-0.2, -0.15) is 0 Å². The van der Waals surface area contributed by atoms with Crippen LogP contribution >= 0.6 is 0 Å². The Balaban J connectivity index is 1.44. The summed E-state index contributed by atoms with van der Waals surface area (Å²) in [7, 11) is -1.03. The number of guanidine groups is 1. The molecule has 1 heterocycles. The number of rotatable bonds is 10. The molecule has 2 unspecified atom stereocenters. The van der Waals surface area contributed by atoms with Gasteiger partial charge >= 0.3 is 0 Å². The number of amides is 1. The molecule has 1 saturated heterocycles. The SMILES string of the molecule is CCNC(=NCC1CC(=O)N(CCc2ccccc2)C1)NCCS(=O)c1ccccc1. The minimum absolute atomic E-state index is 0.215. The number of carbonyl (C=O) groups is 1. The maximum Gasteiger partial charge on any atom is 0.223 e. The van der Waals surface area contributed by atoms with E-state index in [0.717, 1.165) is 31.0 Å². The topological polar surface area (TPSA) is 73.8 Å². The van der Waals surface area contributed by atoms with Crippen molar-refractivity contribution in [1.29, 1.82) is 0 Å². The summed E-state index contributed by atoms with van der Waals surface area (Å²) in [5.74, 6) is 1.68. The first-order valence-electron chi connectivity index (χ1n) is 10.9. The molecule has 0 spiro atoms. The third kappa shape index (κ3) is 7.51. The number of aliphatic imine (C=N–C) groups is 1. The van der Waals surface area contributed by atoms with Crippen molar-refractivity contribution < 1.29 is 9.00 Å². The minimum Gasteiger partial charge on any atom is -0.357 e. The molecule has 7 heteroatoms. The van der Waals surface area contributed by atoms with Gasteiger partial charge in [0.15, 0.2) is 5.96 Å². The van der Waals surface area contributed by atoms with Crippen LogP contribution in [0.4, 0.5) is 0 Å². The molecule has 1 amide bonds. The van der Waals surface area contributed by atoms with Crippen molar-refractivity contribution in [3.63, 3.8) is 0 Å². The van der Waals surface area contributed by atoms with Crippen molar-refractivity contribution in [3.05, 3.63) is 66.2 Å². The highest BCUT2D eigenvalue weighted by Gasteiger charge is 2.29. The third-order valence-electron chi connectivity index (χ3n) is 5.25. The van der Waals surface area contributed by atoms with Crippen LogP contribution in [0, 0.1) is 5.92 Å². The van der Waals surface area contributed by atoms with Crippen molar-refractivity contribution >= 4 is 22.7 Å². The predicted molar refractivity (Wildman–Crippen MR) is 127 cm³/mol. The molecule has 1 aliphatic heterocycles. The monoisotopic (exact) mass is 440 g/mol. The fraction of sp³-hybridized carbons (Fsp3) is 0.417. The van der Waals surface area contributed by atoms with Crippen LogP contribution in [0.2, 0.25) is 0 Å². The van der Waals surface area contributed by atoms with Gasteiger partial charge in [0.2, 0.25) is 5.91 Å². The fourth-order valence-electron chi connectivity index (χ4n) is 3.62. The molecule has 6 nitrogen and oxygen atoms in total. The molecular weight excluding hydrogens is 408 g/mol. The van der Waals surface area contributed by atoms with E-state index in [0.29, 0.717) is 31.2 Å². The maximum atomic E-state index is 12.4. The molecular formula is C24H32N4O2S. The molecule has 31 heavy (non-hydrogen) atoms. The number of carbonyl (C=O) groups excluding carboxylic acids is 1. The highest BCUT2D eigenvalue weighted by Crippen LogP contribution is 2.18. The Morgan fingerprint density at radius 2 is 1.81 bits per heavy atom. The number of hydrogen-bond donors (Lipinski definition) is 2. The highest BCUT2D eigenvalue weighted by atomic mass is 32.2. The zero-order valence-electron chi connectivity index (χ0n) is 18.1. The first kappa shape index (κ1) is 23.0. The van der Waals surface area contributed by atoms with Crippen molar-refractivity contribution in [2.75, 3.05) is 38.5 Å². The number of hydrogen-bond acceptors (Lipinski definition) is 3. The standard InChI is InChI=1S/C24H32N4O2S/c1-2-25-24(26-14-16-31(30)22-11-7-4-8-12-22)27-18-21-17-23(29)28(19-21)15-13-20-9-5-3-6-10-20/h3-12,21H,2,13-19H2,1H3,(H2,25,26,27). The van der Waals surface area contributed by atoms with Crippen molar-refractivity contribution in [1.82, 2.24) is 15.5 Å². The van der Waals surface area contributed by atoms with E-state index >= 15 is 0 Å². The van der Waals surface area contributed by atoms with Crippen LogP contribution in [0.15, 0.2) is 70.6 Å². The van der Waals surface area contributed by atoms with Crippen LogP contribution in [0.1, 0.15) is 18.9 Å². The lowest BCUT2D eigenvalue weighted by molar-refractivity contribution is -0.127. The van der Waals surface area contributed by atoms with Gasteiger partial charge in [-0.05, 0) is 31.0 Å². The molecule has 2 aromatic carbocycles. The van der Waals surface area contributed by atoms with Crippen LogP contribution in [0.25, 0.3) is 0 Å². The van der Waals surface area contributed by atoms with Crippen molar-refractivity contribution in [2.45, 2.75) is 24.7 Å². The number of nitrogens with zero attached hydrogens (tertiary/aromatic N) is 2. The summed E-state index contributed by atoms with van der Waals surface area (Å²) in [4.78, 5) is 19.8. The Kier molecular flexibility index (Phi) is 9.09. The van der Waals surface area contributed by atoms with Crippen molar-refractivity contribution in [2.24, 2.45) is 10.9 Å². The molecule has 1 fully saturated rings. The van der Waals surface area contributed by atoms with Gasteiger partial charge in [0.1, 0.15) is 0 Å². The normalized spacial score (nSPS) is 17.6. The molecule has 0 bridgehead atoms. The zero-order valence-corrected chi connectivity index (χ0v) is 18.9. The van der Waals surface area contributed by atoms with Crippen LogP contribution < -0.4 is 10.6 Å². The summed E-state index contributed by atoms with van der Waals surface area (Å²) in [6.45, 7) is 5.45. The van der Waals surface area contributed by atoms with Crippen molar-refractivity contribution in [3.8, 4) is 0 Å². The highest BCUT2D eigenvalue weighted by molar-refractivity contribution is 7.85. The Labute approximate surface area is 187 Å². The van der Waals surface area contributed by atoms with E-state index in [1.54, 1.807) is 0 Å². The lowest BCUT2D eigenvalue weighted by Gasteiger charge is -2.16. The van der Waals surface area contributed by atoms with Gasteiger partial charge < -0.3 is 15.5 Å². The van der Waals surface area contributed by atoms with E-state index in [9.17, 15) is 9.00 Å². The second-order valence-electron chi connectivity index (χ2n) is 7.65. The number of likely N-dealkylation sites (tertiary alicyclic amines) is 1. The van der Waals surface area contributed by atoms with Gasteiger partial charge in [-0.1, -0.05) is 48.5 Å². The third-order valence-corrected chi connectivity index (χ3v) is 6.62. The zero-order chi connectivity index (χ0) is 21.9. The van der Waals surface area contributed by atoms with Gasteiger partial charge in [0.05, 0.1) is 10.8 Å². The Morgan fingerprint density at radius 3 is 2.52 bits per heavy atom. The number of nitrogens with one attached hydrogen (secondary N) is 2. The van der Waals surface area contributed by atoms with Gasteiger partial charge in [-0.15, -0.1) is 0 Å². The quantitative estimate of drug-likeness (QED) is 0.440. The van der Waals surface area contributed by atoms with Crippen LogP contribution in [0.3, 0.4) is 0 Å². The number of benzene rings is 2. The first-order valence-corrected chi connectivity index (χ1v) is 12.2. The lowest BCUT2D eigenvalue weighted by atomic mass is 10.1. The Bertz CT molecular complexity index is 874. The van der Waals surface area contributed by atoms with E-state index in [4.69, 9.17) is 0 Å². The average Bonchev–Trinajstić information content (AvgIpc) is 3.16. The molecule has 0 aromatic heterocycles. The van der Waals surface area contributed by atoms with E-state index in [1.165, 1.54) is 5.56 Å². The smallest absolute Gasteiger partial charge is 0.223 e. The van der Waals surface area contributed by atoms with Gasteiger partial charge in [-0.3, -0.25) is 14.0 Å². The molecule has 0 saturated carbocycles. The summed E-state index contributed by atoms with van der Waals surface area (Å²) < 4.78 is 12.4. The maximum absolute atomic E-state index is 12.4. The second kappa shape index (κ2) is 12.2. The predicted octanol–water partition coefficient (Wildman–Crippen LogP) is 2.44. The first-order chi connectivity index (χ1) is 15.2. The molecule has 166 valence electrons. The molecule has 1 aliphatic rings. The van der Waals surface area contributed by atoms with Crippen LogP contribution in [-0.4, -0.2) is 59.5 Å².